The summed E-state index contributed by atoms with van der Waals surface area (Å²) in [6.07, 6.45) is 7.31. The van der Waals surface area contributed by atoms with Crippen molar-refractivity contribution >= 4 is 17.2 Å². The van der Waals surface area contributed by atoms with Crippen LogP contribution in [-0.2, 0) is 11.2 Å². The lowest BCUT2D eigenvalue weighted by Crippen LogP contribution is -2.45. The number of amides is 1. The van der Waals surface area contributed by atoms with Crippen molar-refractivity contribution in [2.45, 2.75) is 50.6 Å². The fourth-order valence-electron chi connectivity index (χ4n) is 4.37. The summed E-state index contributed by atoms with van der Waals surface area (Å²) in [4.78, 5) is 14.1. The Balaban J connectivity index is 1.46. The third-order valence-corrected chi connectivity index (χ3v) is 6.39. The van der Waals surface area contributed by atoms with Crippen molar-refractivity contribution in [3.63, 3.8) is 0 Å². The number of rotatable bonds is 2. The van der Waals surface area contributed by atoms with Gasteiger partial charge in [-0.1, -0.05) is 6.42 Å². The molecule has 4 heteroatoms. The second-order valence-corrected chi connectivity index (χ2v) is 7.49. The van der Waals surface area contributed by atoms with Crippen molar-refractivity contribution in [3.8, 4) is 0 Å². The van der Waals surface area contributed by atoms with E-state index in [4.69, 9.17) is 0 Å². The van der Waals surface area contributed by atoms with Crippen LogP contribution in [0.4, 0.5) is 0 Å². The highest BCUT2D eigenvalue weighted by Crippen LogP contribution is 2.38. The molecule has 0 spiro atoms. The number of nitrogens with one attached hydrogen (secondary N) is 2. The average Bonchev–Trinajstić information content (AvgIpc) is 3.14. The Morgan fingerprint density at radius 2 is 2.25 bits per heavy atom. The molecular formula is C16H22N2OS. The molecule has 4 unspecified atom stereocenters. The first-order valence-electron chi connectivity index (χ1n) is 7.93. The summed E-state index contributed by atoms with van der Waals surface area (Å²) in [6.45, 7) is 1.04. The van der Waals surface area contributed by atoms with Gasteiger partial charge in [0.15, 0.2) is 0 Å². The zero-order valence-electron chi connectivity index (χ0n) is 11.7. The number of fused-ring (bicyclic) bond motifs is 2. The van der Waals surface area contributed by atoms with Crippen molar-refractivity contribution in [2.75, 3.05) is 6.54 Å². The molecule has 20 heavy (non-hydrogen) atoms. The van der Waals surface area contributed by atoms with Crippen LogP contribution in [-0.4, -0.2) is 18.5 Å². The molecule has 1 aromatic rings. The highest BCUT2D eigenvalue weighted by molar-refractivity contribution is 7.10. The van der Waals surface area contributed by atoms with Crippen molar-refractivity contribution in [3.05, 3.63) is 21.9 Å². The summed E-state index contributed by atoms with van der Waals surface area (Å²) in [5, 5.41) is 8.94. The first-order valence-corrected chi connectivity index (χ1v) is 8.81. The summed E-state index contributed by atoms with van der Waals surface area (Å²) in [5.41, 5.74) is 1.37. The Morgan fingerprint density at radius 3 is 3.20 bits per heavy atom. The van der Waals surface area contributed by atoms with Crippen LogP contribution < -0.4 is 10.6 Å². The summed E-state index contributed by atoms with van der Waals surface area (Å²) in [6, 6.07) is 2.51. The van der Waals surface area contributed by atoms with Crippen LogP contribution in [0, 0.1) is 11.8 Å². The van der Waals surface area contributed by atoms with E-state index in [-0.39, 0.29) is 18.0 Å². The first kappa shape index (κ1) is 12.8. The van der Waals surface area contributed by atoms with Crippen molar-refractivity contribution in [1.29, 1.82) is 0 Å². The quantitative estimate of drug-likeness (QED) is 0.879. The zero-order chi connectivity index (χ0) is 13.5. The number of carbonyl (C=O) groups is 1. The molecule has 2 heterocycles. The molecule has 3 nitrogen and oxygen atoms in total. The van der Waals surface area contributed by atoms with Crippen LogP contribution in [0.3, 0.4) is 0 Å². The van der Waals surface area contributed by atoms with Gasteiger partial charge >= 0.3 is 0 Å². The molecule has 0 bridgehead atoms. The fourth-order valence-corrected chi connectivity index (χ4v) is 5.36. The third-order valence-electron chi connectivity index (χ3n) is 5.40. The molecule has 4 rings (SSSR count). The van der Waals surface area contributed by atoms with Crippen molar-refractivity contribution in [1.82, 2.24) is 10.6 Å². The van der Waals surface area contributed by atoms with Gasteiger partial charge in [-0.2, -0.15) is 0 Å². The molecular weight excluding hydrogens is 268 g/mol. The van der Waals surface area contributed by atoms with Gasteiger partial charge in [0, 0.05) is 4.88 Å². The lowest BCUT2D eigenvalue weighted by atomic mass is 9.91. The summed E-state index contributed by atoms with van der Waals surface area (Å²) in [7, 11) is 0. The largest absolute Gasteiger partial charge is 0.348 e. The van der Waals surface area contributed by atoms with E-state index in [2.05, 4.69) is 22.1 Å². The molecule has 108 valence electrons. The maximum absolute atomic E-state index is 12.6. The van der Waals surface area contributed by atoms with Gasteiger partial charge in [-0.3, -0.25) is 4.79 Å². The number of carbonyl (C=O) groups excluding carboxylic acids is 1. The topological polar surface area (TPSA) is 41.1 Å². The fraction of sp³-hybridized carbons (Fsp3) is 0.688. The van der Waals surface area contributed by atoms with Gasteiger partial charge in [-0.05, 0) is 67.5 Å². The summed E-state index contributed by atoms with van der Waals surface area (Å²) >= 11 is 1.84. The third kappa shape index (κ3) is 2.09. The molecule has 0 radical (unpaired) electrons. The minimum Gasteiger partial charge on any atom is -0.348 e. The maximum Gasteiger partial charge on any atom is 0.237 e. The monoisotopic (exact) mass is 290 g/mol. The molecule has 0 aromatic carbocycles. The Bertz CT molecular complexity index is 512. The highest BCUT2D eigenvalue weighted by atomic mass is 32.1. The Labute approximate surface area is 124 Å². The zero-order valence-corrected chi connectivity index (χ0v) is 12.5. The second kappa shape index (κ2) is 5.15. The first-order chi connectivity index (χ1) is 9.83. The number of hydrogen-bond acceptors (Lipinski definition) is 3. The molecule has 2 fully saturated rings. The molecule has 2 aliphatic carbocycles. The Morgan fingerprint density at radius 1 is 1.30 bits per heavy atom. The van der Waals surface area contributed by atoms with E-state index in [0.717, 1.165) is 18.9 Å². The van der Waals surface area contributed by atoms with Gasteiger partial charge in [0.25, 0.3) is 0 Å². The van der Waals surface area contributed by atoms with E-state index in [9.17, 15) is 4.79 Å². The molecule has 3 aliphatic rings. The van der Waals surface area contributed by atoms with E-state index in [0.29, 0.717) is 5.92 Å². The molecule has 1 aliphatic heterocycles. The van der Waals surface area contributed by atoms with Gasteiger partial charge in [0.1, 0.15) is 0 Å². The number of thiophene rings is 1. The van der Waals surface area contributed by atoms with E-state index in [1.165, 1.54) is 42.5 Å². The van der Waals surface area contributed by atoms with Gasteiger partial charge in [0.2, 0.25) is 5.91 Å². The lowest BCUT2D eigenvalue weighted by molar-refractivity contribution is -0.124. The smallest absolute Gasteiger partial charge is 0.237 e. The van der Waals surface area contributed by atoms with Crippen LogP contribution in [0.15, 0.2) is 11.4 Å². The van der Waals surface area contributed by atoms with Gasteiger partial charge in [0.05, 0.1) is 12.1 Å². The molecule has 1 aromatic heterocycles. The lowest BCUT2D eigenvalue weighted by Gasteiger charge is -2.26. The van der Waals surface area contributed by atoms with Crippen LogP contribution in [0.25, 0.3) is 0 Å². The van der Waals surface area contributed by atoms with Crippen LogP contribution >= 0.6 is 11.3 Å². The molecule has 1 amide bonds. The van der Waals surface area contributed by atoms with E-state index < -0.39 is 0 Å². The molecule has 4 atom stereocenters. The normalized spacial score (nSPS) is 35.6. The van der Waals surface area contributed by atoms with Gasteiger partial charge in [-0.15, -0.1) is 11.3 Å². The summed E-state index contributed by atoms with van der Waals surface area (Å²) < 4.78 is 0. The maximum atomic E-state index is 12.6. The molecule has 1 saturated heterocycles. The average molecular weight is 290 g/mol. The van der Waals surface area contributed by atoms with Crippen molar-refractivity contribution in [2.24, 2.45) is 11.8 Å². The Hall–Kier alpha value is -0.870. The minimum absolute atomic E-state index is 0.0616. The van der Waals surface area contributed by atoms with Gasteiger partial charge in [-0.25, -0.2) is 0 Å². The standard InChI is InChI=1S/C16H22N2OS/c19-16(15-11-4-1-3-10(11)9-17-15)18-13-5-2-6-14-12(13)7-8-20-14/h7-8,10-11,13,15,17H,1-6,9H2,(H,18,19). The molecule has 1 saturated carbocycles. The van der Waals surface area contributed by atoms with E-state index in [1.807, 2.05) is 11.3 Å². The van der Waals surface area contributed by atoms with E-state index in [1.54, 1.807) is 0 Å². The SMILES string of the molecule is O=C(NC1CCCc2sccc21)C1NCC2CCCC21. The highest BCUT2D eigenvalue weighted by Gasteiger charge is 2.42. The minimum atomic E-state index is 0.0616. The van der Waals surface area contributed by atoms with E-state index >= 15 is 0 Å². The Kier molecular flexibility index (Phi) is 3.31. The predicted octanol–water partition coefficient (Wildman–Crippen LogP) is 2.63. The number of aryl methyl sites for hydroxylation is 1. The van der Waals surface area contributed by atoms with Gasteiger partial charge < -0.3 is 10.6 Å². The van der Waals surface area contributed by atoms with Crippen LogP contribution in [0.1, 0.15) is 48.6 Å². The predicted molar refractivity (Wildman–Crippen MR) is 80.8 cm³/mol. The van der Waals surface area contributed by atoms with Crippen LogP contribution in [0.2, 0.25) is 0 Å². The summed E-state index contributed by atoms with van der Waals surface area (Å²) in [5.74, 6) is 1.57. The van der Waals surface area contributed by atoms with Crippen molar-refractivity contribution < 1.29 is 4.79 Å². The molecule has 2 N–H and O–H groups in total. The number of hydrogen-bond donors (Lipinski definition) is 2. The second-order valence-electron chi connectivity index (χ2n) is 6.49. The van der Waals surface area contributed by atoms with Crippen LogP contribution in [0.5, 0.6) is 0 Å².